The van der Waals surface area contributed by atoms with Crippen molar-refractivity contribution in [1.29, 1.82) is 0 Å². The van der Waals surface area contributed by atoms with E-state index in [-0.39, 0.29) is 13.2 Å². The summed E-state index contributed by atoms with van der Waals surface area (Å²) < 4.78 is 19.3. The summed E-state index contributed by atoms with van der Waals surface area (Å²) in [4.78, 5) is 17.4. The summed E-state index contributed by atoms with van der Waals surface area (Å²) in [6.07, 6.45) is 4.69. The number of thiazole rings is 1. The average molecular weight is 415 g/mol. The van der Waals surface area contributed by atoms with E-state index in [1.807, 2.05) is 12.1 Å². The molecule has 4 rings (SSSR count). The van der Waals surface area contributed by atoms with Crippen LogP contribution < -0.4 is 19.0 Å². The van der Waals surface area contributed by atoms with Gasteiger partial charge in [0.15, 0.2) is 16.3 Å². The fourth-order valence-electron chi connectivity index (χ4n) is 2.92. The number of benzene rings is 2. The number of nitrogens with zero attached hydrogens (tertiary/aromatic N) is 2. The van der Waals surface area contributed by atoms with Crippen molar-refractivity contribution in [2.75, 3.05) is 13.7 Å². The topological polar surface area (TPSA) is 62.1 Å². The van der Waals surface area contributed by atoms with Crippen LogP contribution in [0, 0.1) is 12.3 Å². The van der Waals surface area contributed by atoms with Crippen LogP contribution >= 0.6 is 22.9 Å². The first kappa shape index (κ1) is 18.4. The number of hydrogen-bond acceptors (Lipinski definition) is 5. The SMILES string of the molecule is C#CCn1c(=NC(=O)[C@@H]2COc3ccccc3O2)sc2c(Cl)ccc(OC)c21. The molecular weight excluding hydrogens is 400 g/mol. The van der Waals surface area contributed by atoms with Crippen LogP contribution in [0.1, 0.15) is 0 Å². The Morgan fingerprint density at radius 2 is 2.18 bits per heavy atom. The highest BCUT2D eigenvalue weighted by Gasteiger charge is 2.27. The number of para-hydroxylation sites is 2. The molecule has 142 valence electrons. The molecule has 0 aliphatic carbocycles. The second kappa shape index (κ2) is 7.58. The van der Waals surface area contributed by atoms with Crippen molar-refractivity contribution in [1.82, 2.24) is 4.57 Å². The zero-order valence-corrected chi connectivity index (χ0v) is 16.4. The summed E-state index contributed by atoms with van der Waals surface area (Å²) >= 11 is 7.60. The molecule has 3 aromatic rings. The molecule has 0 spiro atoms. The van der Waals surface area contributed by atoms with Gasteiger partial charge in [-0.1, -0.05) is 41.0 Å². The quantitative estimate of drug-likeness (QED) is 0.617. The molecule has 1 amide bonds. The van der Waals surface area contributed by atoms with Crippen LogP contribution in [-0.4, -0.2) is 30.3 Å². The minimum Gasteiger partial charge on any atom is -0.495 e. The van der Waals surface area contributed by atoms with E-state index in [9.17, 15) is 4.79 Å². The van der Waals surface area contributed by atoms with Gasteiger partial charge in [0.1, 0.15) is 17.9 Å². The lowest BCUT2D eigenvalue weighted by molar-refractivity contribution is -0.127. The van der Waals surface area contributed by atoms with Crippen molar-refractivity contribution in [3.8, 4) is 29.6 Å². The Bertz CT molecular complexity index is 1180. The van der Waals surface area contributed by atoms with E-state index in [1.165, 1.54) is 11.3 Å². The molecule has 0 radical (unpaired) electrons. The maximum atomic E-state index is 12.8. The van der Waals surface area contributed by atoms with E-state index in [4.69, 9.17) is 32.2 Å². The maximum absolute atomic E-state index is 12.8. The van der Waals surface area contributed by atoms with Crippen molar-refractivity contribution in [2.45, 2.75) is 12.6 Å². The number of aromatic nitrogens is 1. The molecule has 0 saturated heterocycles. The molecule has 1 aliphatic heterocycles. The Balaban J connectivity index is 1.77. The van der Waals surface area contributed by atoms with E-state index in [2.05, 4.69) is 10.9 Å². The second-order valence-electron chi connectivity index (χ2n) is 5.92. The zero-order valence-electron chi connectivity index (χ0n) is 14.8. The van der Waals surface area contributed by atoms with Crippen molar-refractivity contribution in [3.05, 3.63) is 46.2 Å². The molecule has 0 saturated carbocycles. The summed E-state index contributed by atoms with van der Waals surface area (Å²) in [5.74, 6) is 3.85. The van der Waals surface area contributed by atoms with Crippen LogP contribution in [0.2, 0.25) is 5.02 Å². The number of hydrogen-bond donors (Lipinski definition) is 0. The highest BCUT2D eigenvalue weighted by Crippen LogP contribution is 2.34. The van der Waals surface area contributed by atoms with Crippen LogP contribution in [0.25, 0.3) is 10.2 Å². The van der Waals surface area contributed by atoms with Crippen LogP contribution in [0.3, 0.4) is 0 Å². The fraction of sp³-hybridized carbons (Fsp3) is 0.200. The molecule has 8 heteroatoms. The molecule has 6 nitrogen and oxygen atoms in total. The highest BCUT2D eigenvalue weighted by molar-refractivity contribution is 7.17. The summed E-state index contributed by atoms with van der Waals surface area (Å²) in [5.41, 5.74) is 0.704. The third kappa shape index (κ3) is 3.21. The number of amides is 1. The van der Waals surface area contributed by atoms with Crippen molar-refractivity contribution in [2.24, 2.45) is 4.99 Å². The van der Waals surface area contributed by atoms with Crippen LogP contribution in [0.4, 0.5) is 0 Å². The van der Waals surface area contributed by atoms with E-state index >= 15 is 0 Å². The van der Waals surface area contributed by atoms with Crippen molar-refractivity contribution >= 4 is 39.1 Å². The first-order valence-corrected chi connectivity index (χ1v) is 9.58. The van der Waals surface area contributed by atoms with E-state index in [1.54, 1.807) is 35.9 Å². The molecule has 0 bridgehead atoms. The first-order valence-electron chi connectivity index (χ1n) is 8.38. The lowest BCUT2D eigenvalue weighted by atomic mass is 10.2. The molecule has 1 atom stereocenters. The summed E-state index contributed by atoms with van der Waals surface area (Å²) in [5, 5.41) is 0.534. The summed E-state index contributed by atoms with van der Waals surface area (Å²) in [7, 11) is 1.56. The van der Waals surface area contributed by atoms with Gasteiger partial charge in [-0.2, -0.15) is 4.99 Å². The van der Waals surface area contributed by atoms with Gasteiger partial charge in [-0.25, -0.2) is 0 Å². The molecule has 0 N–H and O–H groups in total. The second-order valence-corrected chi connectivity index (χ2v) is 7.30. The number of rotatable bonds is 3. The van der Waals surface area contributed by atoms with Gasteiger partial charge < -0.3 is 18.8 Å². The molecule has 28 heavy (non-hydrogen) atoms. The molecule has 1 aliphatic rings. The summed E-state index contributed by atoms with van der Waals surface area (Å²) in [6.45, 7) is 0.303. The highest BCUT2D eigenvalue weighted by atomic mass is 35.5. The number of fused-ring (bicyclic) bond motifs is 2. The van der Waals surface area contributed by atoms with E-state index in [0.717, 1.165) is 4.70 Å². The van der Waals surface area contributed by atoms with Gasteiger partial charge >= 0.3 is 0 Å². The van der Waals surface area contributed by atoms with Gasteiger partial charge in [0.05, 0.1) is 23.4 Å². The number of terminal acetylenes is 1. The molecule has 2 heterocycles. The smallest absolute Gasteiger partial charge is 0.292 e. The normalized spacial score (nSPS) is 16.0. The lowest BCUT2D eigenvalue weighted by Gasteiger charge is -2.23. The Morgan fingerprint density at radius 1 is 1.39 bits per heavy atom. The molecule has 0 fully saturated rings. The van der Waals surface area contributed by atoms with Crippen LogP contribution in [0.15, 0.2) is 41.4 Å². The predicted molar refractivity (Wildman–Crippen MR) is 107 cm³/mol. The van der Waals surface area contributed by atoms with Gasteiger partial charge in [-0.15, -0.1) is 6.42 Å². The largest absolute Gasteiger partial charge is 0.495 e. The fourth-order valence-corrected chi connectivity index (χ4v) is 4.24. The monoisotopic (exact) mass is 414 g/mol. The molecule has 1 aromatic heterocycles. The molecular formula is C20H15ClN2O4S. The minimum atomic E-state index is -0.836. The maximum Gasteiger partial charge on any atom is 0.292 e. The molecule has 2 aromatic carbocycles. The van der Waals surface area contributed by atoms with Crippen LogP contribution in [-0.2, 0) is 11.3 Å². The van der Waals surface area contributed by atoms with Crippen LogP contribution in [0.5, 0.6) is 17.2 Å². The summed E-state index contributed by atoms with van der Waals surface area (Å²) in [6, 6.07) is 10.7. The Hall–Kier alpha value is -2.95. The number of methoxy groups -OCH3 is 1. The van der Waals surface area contributed by atoms with Gasteiger partial charge in [0.2, 0.25) is 6.10 Å². The number of carbonyl (C=O) groups excluding carboxylic acids is 1. The van der Waals surface area contributed by atoms with Crippen molar-refractivity contribution in [3.63, 3.8) is 0 Å². The van der Waals surface area contributed by atoms with Gasteiger partial charge in [-0.3, -0.25) is 4.79 Å². The van der Waals surface area contributed by atoms with E-state index in [0.29, 0.717) is 32.6 Å². The van der Waals surface area contributed by atoms with Gasteiger partial charge in [0.25, 0.3) is 5.91 Å². The first-order chi connectivity index (χ1) is 13.6. The zero-order chi connectivity index (χ0) is 19.7. The third-order valence-corrected chi connectivity index (χ3v) is 5.74. The number of ether oxygens (including phenoxy) is 3. The Morgan fingerprint density at radius 3 is 2.93 bits per heavy atom. The Labute approximate surface area is 169 Å². The third-order valence-electron chi connectivity index (χ3n) is 4.20. The Kier molecular flexibility index (Phi) is 4.99. The average Bonchev–Trinajstić information content (AvgIpc) is 3.07. The van der Waals surface area contributed by atoms with Crippen molar-refractivity contribution < 1.29 is 19.0 Å². The number of halogens is 1. The van der Waals surface area contributed by atoms with E-state index < -0.39 is 12.0 Å². The lowest BCUT2D eigenvalue weighted by Crippen LogP contribution is -2.36. The molecule has 0 unspecified atom stereocenters. The van der Waals surface area contributed by atoms with Gasteiger partial charge in [-0.05, 0) is 24.3 Å². The van der Waals surface area contributed by atoms with Gasteiger partial charge in [0, 0.05) is 0 Å². The number of carbonyl (C=O) groups is 1. The predicted octanol–water partition coefficient (Wildman–Crippen LogP) is 3.27. The minimum absolute atomic E-state index is 0.0868. The standard InChI is InChI=1S/C20H15ClN2O4S/c1-3-10-23-17-15(25-2)9-8-12(21)18(17)28-20(23)22-19(24)16-11-26-13-6-4-5-7-14(13)27-16/h1,4-9,16H,10-11H2,2H3/t16-/m0/s1.